The van der Waals surface area contributed by atoms with Gasteiger partial charge in [-0.25, -0.2) is 13.8 Å². The lowest BCUT2D eigenvalue weighted by molar-refractivity contribution is 0.0118. The van der Waals surface area contributed by atoms with E-state index < -0.39 is 24.9 Å². The molecule has 22 heavy (non-hydrogen) atoms. The fraction of sp³-hybridized carbons (Fsp3) is 0.273. The van der Waals surface area contributed by atoms with Crippen LogP contribution >= 0.6 is 59.1 Å². The van der Waals surface area contributed by atoms with Crippen molar-refractivity contribution in [1.82, 2.24) is 10.3 Å². The number of thiazole rings is 1. The molecule has 0 spiro atoms. The van der Waals surface area contributed by atoms with Gasteiger partial charge in [-0.2, -0.15) is 0 Å². The first-order valence-corrected chi connectivity index (χ1v) is 7.56. The molecular weight excluding hydrogens is 399 g/mol. The summed E-state index contributed by atoms with van der Waals surface area (Å²) >= 11 is 8.40. The molecule has 4 nitrogen and oxygen atoms in total. The van der Waals surface area contributed by atoms with Crippen molar-refractivity contribution in [1.29, 1.82) is 0 Å². The molecule has 1 amide bonds. The van der Waals surface area contributed by atoms with E-state index in [0.29, 0.717) is 9.34 Å². The van der Waals surface area contributed by atoms with E-state index in [9.17, 15) is 13.6 Å². The molecule has 0 aliphatic carbocycles. The third-order valence-electron chi connectivity index (χ3n) is 2.33. The molecule has 2 aromatic rings. The molecule has 0 bridgehead atoms. The summed E-state index contributed by atoms with van der Waals surface area (Å²) in [6.45, 7) is -1.62. The van der Waals surface area contributed by atoms with Gasteiger partial charge in [0.15, 0.2) is 0 Å². The number of aromatic nitrogens is 1. The van der Waals surface area contributed by atoms with E-state index in [1.54, 1.807) is 12.1 Å². The lowest BCUT2D eigenvalue weighted by Gasteiger charge is -2.13. The Bertz CT molecular complexity index is 621. The predicted octanol–water partition coefficient (Wildman–Crippen LogP) is 3.69. The summed E-state index contributed by atoms with van der Waals surface area (Å²) in [5.74, 6) is -3.77. The first-order chi connectivity index (χ1) is 9.41. The fourth-order valence-electron chi connectivity index (χ4n) is 1.29. The zero-order valence-electron chi connectivity index (χ0n) is 10.8. The van der Waals surface area contributed by atoms with Crippen LogP contribution in [0.2, 0.25) is 4.34 Å². The highest BCUT2D eigenvalue weighted by Crippen LogP contribution is 2.32. The zero-order chi connectivity index (χ0) is 14.8. The van der Waals surface area contributed by atoms with Crippen LogP contribution < -0.4 is 11.1 Å². The van der Waals surface area contributed by atoms with Crippen LogP contribution in [0.3, 0.4) is 0 Å². The Labute approximate surface area is 150 Å². The molecule has 0 atom stereocenters. The molecule has 0 radical (unpaired) electrons. The maximum absolute atomic E-state index is 12.9. The highest BCUT2D eigenvalue weighted by molar-refractivity contribution is 7.23. The van der Waals surface area contributed by atoms with Gasteiger partial charge < -0.3 is 11.1 Å². The van der Waals surface area contributed by atoms with Crippen molar-refractivity contribution in [2.45, 2.75) is 5.92 Å². The maximum atomic E-state index is 12.9. The van der Waals surface area contributed by atoms with E-state index in [1.165, 1.54) is 28.1 Å². The number of carbonyl (C=O) groups is 1. The summed E-state index contributed by atoms with van der Waals surface area (Å²) < 4.78 is 26.5. The van der Waals surface area contributed by atoms with E-state index in [4.69, 9.17) is 17.3 Å². The standard InChI is InChI=1S/C11H10ClF2N3OS2.2ClH/c12-8-2-1-7(20-8)10-17-6(3-19-10)9(18)16-5-11(13,14)4-15;;/h1-3H,4-5,15H2,(H,16,18);2*1H. The number of alkyl halides is 2. The number of thiophene rings is 1. The first-order valence-electron chi connectivity index (χ1n) is 5.48. The molecule has 0 saturated carbocycles. The lowest BCUT2D eigenvalue weighted by atomic mass is 10.3. The third-order valence-corrected chi connectivity index (χ3v) is 4.57. The number of nitrogens with two attached hydrogens (primary N) is 1. The average molecular weight is 411 g/mol. The van der Waals surface area contributed by atoms with Gasteiger partial charge in [0.1, 0.15) is 10.7 Å². The maximum Gasteiger partial charge on any atom is 0.277 e. The average Bonchev–Trinajstić information content (AvgIpc) is 3.04. The van der Waals surface area contributed by atoms with Crippen LogP contribution in [0.15, 0.2) is 17.5 Å². The van der Waals surface area contributed by atoms with Crippen molar-refractivity contribution >= 4 is 65.0 Å². The Kier molecular flexibility index (Phi) is 8.74. The Morgan fingerprint density at radius 1 is 1.41 bits per heavy atom. The molecular formula is C11H12Cl3F2N3OS2. The van der Waals surface area contributed by atoms with Crippen LogP contribution in [-0.2, 0) is 0 Å². The van der Waals surface area contributed by atoms with Crippen molar-refractivity contribution in [3.63, 3.8) is 0 Å². The van der Waals surface area contributed by atoms with Crippen LogP contribution in [0.25, 0.3) is 9.88 Å². The highest BCUT2D eigenvalue weighted by Gasteiger charge is 2.27. The second-order valence-corrected chi connectivity index (χ2v) is 6.46. The lowest BCUT2D eigenvalue weighted by Crippen LogP contribution is -2.41. The van der Waals surface area contributed by atoms with E-state index in [2.05, 4.69) is 10.3 Å². The van der Waals surface area contributed by atoms with Crippen LogP contribution in [0.1, 0.15) is 10.5 Å². The molecule has 2 aromatic heterocycles. The Balaban J connectivity index is 0.00000220. The third kappa shape index (κ3) is 5.60. The van der Waals surface area contributed by atoms with E-state index in [0.717, 1.165) is 4.88 Å². The largest absolute Gasteiger partial charge is 0.345 e. The number of hydrogen-bond donors (Lipinski definition) is 2. The van der Waals surface area contributed by atoms with Crippen LogP contribution in [0, 0.1) is 0 Å². The monoisotopic (exact) mass is 409 g/mol. The fourth-order valence-corrected chi connectivity index (χ4v) is 3.21. The van der Waals surface area contributed by atoms with Crippen molar-refractivity contribution in [2.24, 2.45) is 5.73 Å². The van der Waals surface area contributed by atoms with Gasteiger partial charge >= 0.3 is 0 Å². The molecule has 0 aromatic carbocycles. The SMILES string of the molecule is Cl.Cl.NCC(F)(F)CNC(=O)c1csc(-c2ccc(Cl)s2)n1. The van der Waals surface area contributed by atoms with Crippen LogP contribution in [0.5, 0.6) is 0 Å². The summed E-state index contributed by atoms with van der Waals surface area (Å²) in [5.41, 5.74) is 4.99. The van der Waals surface area contributed by atoms with Crippen LogP contribution in [-0.4, -0.2) is 29.9 Å². The van der Waals surface area contributed by atoms with Gasteiger partial charge in [-0.1, -0.05) is 11.6 Å². The minimum Gasteiger partial charge on any atom is -0.345 e. The highest BCUT2D eigenvalue weighted by atomic mass is 35.5. The molecule has 2 rings (SSSR count). The topological polar surface area (TPSA) is 68.0 Å². The molecule has 0 saturated heterocycles. The number of carbonyl (C=O) groups excluding carboxylic acids is 1. The van der Waals surface area contributed by atoms with Crippen LogP contribution in [0.4, 0.5) is 8.78 Å². The second kappa shape index (κ2) is 8.95. The van der Waals surface area contributed by atoms with E-state index in [1.807, 2.05) is 0 Å². The molecule has 2 heterocycles. The minimum atomic E-state index is -3.12. The first kappa shape index (κ1) is 21.5. The zero-order valence-corrected chi connectivity index (χ0v) is 14.9. The Morgan fingerprint density at radius 2 is 2.09 bits per heavy atom. The second-order valence-electron chi connectivity index (χ2n) is 3.88. The minimum absolute atomic E-state index is 0. The van der Waals surface area contributed by atoms with Gasteiger partial charge in [-0.05, 0) is 12.1 Å². The molecule has 124 valence electrons. The molecule has 0 aliphatic heterocycles. The van der Waals surface area contributed by atoms with Gasteiger partial charge in [0, 0.05) is 5.38 Å². The Hall–Kier alpha value is -0.510. The summed E-state index contributed by atoms with van der Waals surface area (Å²) in [7, 11) is 0. The van der Waals surface area contributed by atoms with Crippen molar-refractivity contribution in [3.8, 4) is 9.88 Å². The molecule has 0 aliphatic rings. The predicted molar refractivity (Wildman–Crippen MR) is 91.3 cm³/mol. The molecule has 0 unspecified atom stereocenters. The van der Waals surface area contributed by atoms with Crippen molar-refractivity contribution < 1.29 is 13.6 Å². The van der Waals surface area contributed by atoms with Crippen molar-refractivity contribution in [3.05, 3.63) is 27.5 Å². The smallest absolute Gasteiger partial charge is 0.277 e. The summed E-state index contributed by atoms with van der Waals surface area (Å²) in [6, 6.07) is 3.51. The number of rotatable bonds is 5. The number of nitrogens with zero attached hydrogens (tertiary/aromatic N) is 1. The quantitative estimate of drug-likeness (QED) is 0.790. The molecule has 0 fully saturated rings. The number of hydrogen-bond acceptors (Lipinski definition) is 5. The summed E-state index contributed by atoms with van der Waals surface area (Å²) in [6.07, 6.45) is 0. The summed E-state index contributed by atoms with van der Waals surface area (Å²) in [5, 5.41) is 4.25. The van der Waals surface area contributed by atoms with Gasteiger partial charge in [-0.15, -0.1) is 47.5 Å². The summed E-state index contributed by atoms with van der Waals surface area (Å²) in [4.78, 5) is 16.6. The normalized spacial score (nSPS) is 10.5. The Morgan fingerprint density at radius 3 is 2.64 bits per heavy atom. The number of amides is 1. The van der Waals surface area contributed by atoms with Gasteiger partial charge in [0.25, 0.3) is 11.8 Å². The van der Waals surface area contributed by atoms with E-state index in [-0.39, 0.29) is 30.5 Å². The van der Waals surface area contributed by atoms with Crippen molar-refractivity contribution in [2.75, 3.05) is 13.1 Å². The van der Waals surface area contributed by atoms with E-state index >= 15 is 0 Å². The van der Waals surface area contributed by atoms with Gasteiger partial charge in [0.05, 0.1) is 22.3 Å². The molecule has 3 N–H and O–H groups in total. The van der Waals surface area contributed by atoms with Gasteiger partial charge in [-0.3, -0.25) is 4.79 Å². The molecule has 11 heteroatoms. The number of nitrogens with one attached hydrogen (secondary N) is 1. The van der Waals surface area contributed by atoms with Gasteiger partial charge in [0.2, 0.25) is 0 Å². The number of halogens is 5.